The Morgan fingerprint density at radius 2 is 2.00 bits per heavy atom. The van der Waals surface area contributed by atoms with E-state index in [4.69, 9.17) is 0 Å². The van der Waals surface area contributed by atoms with Gasteiger partial charge in [-0.05, 0) is 28.8 Å². The van der Waals surface area contributed by atoms with Crippen LogP contribution in [-0.2, 0) is 10.2 Å². The molecule has 110 valence electrons. The first-order valence-electron chi connectivity index (χ1n) is 6.93. The van der Waals surface area contributed by atoms with E-state index in [0.717, 1.165) is 36.4 Å². The number of aromatic nitrogens is 2. The minimum Gasteiger partial charge on any atom is -0.361 e. The van der Waals surface area contributed by atoms with Crippen molar-refractivity contribution in [1.29, 1.82) is 0 Å². The van der Waals surface area contributed by atoms with E-state index in [-0.39, 0.29) is 17.9 Å². The van der Waals surface area contributed by atoms with E-state index in [1.54, 1.807) is 6.07 Å². The van der Waals surface area contributed by atoms with E-state index in [0.29, 0.717) is 5.82 Å². The lowest BCUT2D eigenvalue weighted by atomic mass is 9.96. The highest BCUT2D eigenvalue weighted by Gasteiger charge is 2.20. The van der Waals surface area contributed by atoms with Crippen molar-refractivity contribution in [3.05, 3.63) is 16.5 Å². The lowest BCUT2D eigenvalue weighted by molar-refractivity contribution is -0.128. The van der Waals surface area contributed by atoms with Crippen molar-refractivity contribution in [2.45, 2.75) is 39.0 Å². The summed E-state index contributed by atoms with van der Waals surface area (Å²) in [5.41, 5.74) is -0.126. The molecule has 0 spiro atoms. The van der Waals surface area contributed by atoms with E-state index < -0.39 is 0 Å². The van der Waals surface area contributed by atoms with Crippen molar-refractivity contribution in [1.82, 2.24) is 14.9 Å². The first-order chi connectivity index (χ1) is 9.36. The van der Waals surface area contributed by atoms with Crippen molar-refractivity contribution in [2.24, 2.45) is 0 Å². The number of halogens is 1. The Kier molecular flexibility index (Phi) is 4.62. The Bertz CT molecular complexity index is 492. The Labute approximate surface area is 128 Å². The van der Waals surface area contributed by atoms with Crippen LogP contribution in [0.15, 0.2) is 10.7 Å². The molecular formula is C14H21BrN4O. The van der Waals surface area contributed by atoms with Gasteiger partial charge in [-0.3, -0.25) is 4.79 Å². The molecule has 1 amide bonds. The molecule has 5 nitrogen and oxygen atoms in total. The molecule has 0 radical (unpaired) electrons. The number of hydrogen-bond donors (Lipinski definition) is 1. The molecule has 0 aromatic carbocycles. The Balaban J connectivity index is 2.02. The number of amides is 1. The van der Waals surface area contributed by atoms with Gasteiger partial charge in [-0.1, -0.05) is 20.8 Å². The highest BCUT2D eigenvalue weighted by atomic mass is 79.9. The van der Waals surface area contributed by atoms with E-state index in [9.17, 15) is 4.79 Å². The number of anilines is 1. The maximum absolute atomic E-state index is 12.0. The second-order valence-corrected chi connectivity index (χ2v) is 6.90. The number of carbonyl (C=O) groups is 1. The molecule has 0 aliphatic carbocycles. The SMILES string of the molecule is CC(C)(C)c1nc(Br)cc(NCC(=O)N2CCCC2)n1. The lowest BCUT2D eigenvalue weighted by Gasteiger charge is -2.19. The molecular weight excluding hydrogens is 320 g/mol. The minimum atomic E-state index is -0.126. The highest BCUT2D eigenvalue weighted by Crippen LogP contribution is 2.22. The third kappa shape index (κ3) is 3.91. The Hall–Kier alpha value is -1.17. The van der Waals surface area contributed by atoms with Crippen molar-refractivity contribution in [2.75, 3.05) is 25.0 Å². The molecule has 2 rings (SSSR count). The average Bonchev–Trinajstić information content (AvgIpc) is 2.88. The molecule has 6 heteroatoms. The summed E-state index contributed by atoms with van der Waals surface area (Å²) in [6.07, 6.45) is 2.22. The van der Waals surface area contributed by atoms with Gasteiger partial charge in [0, 0.05) is 24.6 Å². The normalized spacial score (nSPS) is 15.5. The zero-order valence-electron chi connectivity index (χ0n) is 12.2. The molecule has 0 atom stereocenters. The number of rotatable bonds is 3. The zero-order chi connectivity index (χ0) is 14.8. The van der Waals surface area contributed by atoms with Crippen molar-refractivity contribution in [3.8, 4) is 0 Å². The van der Waals surface area contributed by atoms with E-state index in [1.807, 2.05) is 4.90 Å². The van der Waals surface area contributed by atoms with Crippen LogP contribution >= 0.6 is 15.9 Å². The number of nitrogens with zero attached hydrogens (tertiary/aromatic N) is 3. The summed E-state index contributed by atoms with van der Waals surface area (Å²) in [4.78, 5) is 22.8. The fourth-order valence-corrected chi connectivity index (χ4v) is 2.47. The number of likely N-dealkylation sites (tertiary alicyclic amines) is 1. The fraction of sp³-hybridized carbons (Fsp3) is 0.643. The van der Waals surface area contributed by atoms with Gasteiger partial charge in [0.1, 0.15) is 16.2 Å². The summed E-state index contributed by atoms with van der Waals surface area (Å²) in [6.45, 7) is 8.23. The van der Waals surface area contributed by atoms with Gasteiger partial charge in [0.05, 0.1) is 6.54 Å². The third-order valence-electron chi connectivity index (χ3n) is 3.25. The minimum absolute atomic E-state index is 0.126. The first kappa shape index (κ1) is 15.2. The topological polar surface area (TPSA) is 58.1 Å². The summed E-state index contributed by atoms with van der Waals surface area (Å²) >= 11 is 3.39. The molecule has 1 aliphatic heterocycles. The van der Waals surface area contributed by atoms with Gasteiger partial charge in [-0.2, -0.15) is 0 Å². The quantitative estimate of drug-likeness (QED) is 0.859. The maximum atomic E-state index is 12.0. The summed E-state index contributed by atoms with van der Waals surface area (Å²) in [5, 5.41) is 3.10. The van der Waals surface area contributed by atoms with Crippen LogP contribution in [0.5, 0.6) is 0 Å². The highest BCUT2D eigenvalue weighted by molar-refractivity contribution is 9.10. The van der Waals surface area contributed by atoms with E-state index in [2.05, 4.69) is 52.0 Å². The molecule has 1 aliphatic rings. The van der Waals surface area contributed by atoms with Gasteiger partial charge in [0.25, 0.3) is 0 Å². The van der Waals surface area contributed by atoms with Gasteiger partial charge in [0.2, 0.25) is 5.91 Å². The fourth-order valence-electron chi connectivity index (χ4n) is 2.09. The molecule has 1 aromatic heterocycles. The zero-order valence-corrected chi connectivity index (χ0v) is 13.8. The predicted octanol–water partition coefficient (Wildman–Crippen LogP) is 2.57. The largest absolute Gasteiger partial charge is 0.361 e. The molecule has 1 saturated heterocycles. The summed E-state index contributed by atoms with van der Waals surface area (Å²) in [5.74, 6) is 1.57. The van der Waals surface area contributed by atoms with E-state index >= 15 is 0 Å². The Morgan fingerprint density at radius 1 is 1.35 bits per heavy atom. The van der Waals surface area contributed by atoms with Gasteiger partial charge in [-0.15, -0.1) is 0 Å². The van der Waals surface area contributed by atoms with E-state index in [1.165, 1.54) is 0 Å². The van der Waals surface area contributed by atoms with Crippen LogP contribution in [0.1, 0.15) is 39.4 Å². The summed E-state index contributed by atoms with van der Waals surface area (Å²) in [7, 11) is 0. The van der Waals surface area contributed by atoms with Crippen LogP contribution in [0.2, 0.25) is 0 Å². The smallest absolute Gasteiger partial charge is 0.241 e. The standard InChI is InChI=1S/C14H21BrN4O/c1-14(2,3)13-17-10(15)8-11(18-13)16-9-12(20)19-6-4-5-7-19/h8H,4-7,9H2,1-3H3,(H,16,17,18). The Morgan fingerprint density at radius 3 is 2.60 bits per heavy atom. The van der Waals surface area contributed by atoms with Crippen LogP contribution in [0, 0.1) is 0 Å². The van der Waals surface area contributed by atoms with Crippen LogP contribution in [-0.4, -0.2) is 40.4 Å². The third-order valence-corrected chi connectivity index (χ3v) is 3.65. The molecule has 1 aromatic rings. The van der Waals surface area contributed by atoms with Crippen LogP contribution in [0.3, 0.4) is 0 Å². The number of carbonyl (C=O) groups excluding carboxylic acids is 1. The first-order valence-corrected chi connectivity index (χ1v) is 7.72. The second kappa shape index (κ2) is 6.08. The molecule has 0 bridgehead atoms. The van der Waals surface area contributed by atoms with Crippen molar-refractivity contribution < 1.29 is 4.79 Å². The molecule has 0 saturated carbocycles. The number of nitrogens with one attached hydrogen (secondary N) is 1. The molecule has 2 heterocycles. The molecule has 20 heavy (non-hydrogen) atoms. The summed E-state index contributed by atoms with van der Waals surface area (Å²) < 4.78 is 0.730. The van der Waals surface area contributed by atoms with Crippen LogP contribution < -0.4 is 5.32 Å². The van der Waals surface area contributed by atoms with Crippen LogP contribution in [0.25, 0.3) is 0 Å². The molecule has 1 N–H and O–H groups in total. The molecule has 1 fully saturated rings. The second-order valence-electron chi connectivity index (χ2n) is 6.09. The van der Waals surface area contributed by atoms with Gasteiger partial charge < -0.3 is 10.2 Å². The van der Waals surface area contributed by atoms with Gasteiger partial charge in [-0.25, -0.2) is 9.97 Å². The van der Waals surface area contributed by atoms with Gasteiger partial charge >= 0.3 is 0 Å². The molecule has 0 unspecified atom stereocenters. The predicted molar refractivity (Wildman–Crippen MR) is 82.7 cm³/mol. The monoisotopic (exact) mass is 340 g/mol. The van der Waals surface area contributed by atoms with Crippen molar-refractivity contribution >= 4 is 27.7 Å². The summed E-state index contributed by atoms with van der Waals surface area (Å²) in [6, 6.07) is 1.80. The maximum Gasteiger partial charge on any atom is 0.241 e. The average molecular weight is 341 g/mol. The van der Waals surface area contributed by atoms with Crippen molar-refractivity contribution in [3.63, 3.8) is 0 Å². The van der Waals surface area contributed by atoms with Gasteiger partial charge in [0.15, 0.2) is 0 Å². The lowest BCUT2D eigenvalue weighted by Crippen LogP contribution is -2.33. The van der Waals surface area contributed by atoms with Crippen LogP contribution in [0.4, 0.5) is 5.82 Å². The number of hydrogen-bond acceptors (Lipinski definition) is 4.